The van der Waals surface area contributed by atoms with E-state index >= 15 is 0 Å². The number of alkyl carbamates (subject to hydrolysis) is 1. The van der Waals surface area contributed by atoms with Crippen molar-refractivity contribution in [2.24, 2.45) is 0 Å². The Hall–Kier alpha value is -0.0800. The van der Waals surface area contributed by atoms with Gasteiger partial charge in [-0.05, 0) is 27.2 Å². The Labute approximate surface area is 117 Å². The Bertz CT molecular complexity index is 268. The van der Waals surface area contributed by atoms with Crippen molar-refractivity contribution in [2.75, 3.05) is 20.2 Å². The van der Waals surface area contributed by atoms with Crippen molar-refractivity contribution in [1.29, 1.82) is 0 Å². The summed E-state index contributed by atoms with van der Waals surface area (Å²) in [5.41, 5.74) is -0.467. The first-order valence-corrected chi connectivity index (χ1v) is 6.71. The number of piperidine rings is 1. The summed E-state index contributed by atoms with van der Waals surface area (Å²) in [7, 11) is 1.68. The van der Waals surface area contributed by atoms with E-state index in [1.807, 2.05) is 20.8 Å². The van der Waals surface area contributed by atoms with Crippen LogP contribution in [0.3, 0.4) is 0 Å². The van der Waals surface area contributed by atoms with Gasteiger partial charge in [-0.2, -0.15) is 0 Å². The average molecular weight is 356 g/mol. The highest BCUT2D eigenvalue weighted by Crippen LogP contribution is 2.17. The summed E-state index contributed by atoms with van der Waals surface area (Å²) in [6.45, 7) is 7.31. The smallest absolute Gasteiger partial charge is 0.408 e. The van der Waals surface area contributed by atoms with Crippen LogP contribution in [0.5, 0.6) is 0 Å². The minimum atomic E-state index is -0.467. The second kappa shape index (κ2) is 6.19. The lowest BCUT2D eigenvalue weighted by Gasteiger charge is -2.35. The highest BCUT2D eigenvalue weighted by molar-refractivity contribution is 14.1. The van der Waals surface area contributed by atoms with E-state index in [-0.39, 0.29) is 18.2 Å². The molecule has 1 saturated heterocycles. The molecule has 17 heavy (non-hydrogen) atoms. The number of carbonyl (C=O) groups excluding carboxylic acids is 1. The lowest BCUT2D eigenvalue weighted by atomic mass is 10.0. The molecule has 0 aromatic heterocycles. The molecule has 1 amide bonds. The second-order valence-electron chi connectivity index (χ2n) is 5.18. The van der Waals surface area contributed by atoms with Crippen LogP contribution in [-0.4, -0.2) is 47.2 Å². The van der Waals surface area contributed by atoms with Crippen molar-refractivity contribution in [3.8, 4) is 0 Å². The highest BCUT2D eigenvalue weighted by Gasteiger charge is 2.30. The maximum absolute atomic E-state index is 11.7. The van der Waals surface area contributed by atoms with Crippen LogP contribution in [0.25, 0.3) is 0 Å². The third-order valence-corrected chi connectivity index (χ3v) is 3.38. The van der Waals surface area contributed by atoms with Crippen LogP contribution in [0.4, 0.5) is 4.79 Å². The van der Waals surface area contributed by atoms with Gasteiger partial charge in [-0.1, -0.05) is 0 Å². The molecule has 0 spiro atoms. The number of methoxy groups -OCH3 is 1. The molecular formula is C11H21IN2O3. The van der Waals surface area contributed by atoms with Crippen molar-refractivity contribution in [1.82, 2.24) is 8.43 Å². The predicted molar refractivity (Wildman–Crippen MR) is 74.2 cm³/mol. The van der Waals surface area contributed by atoms with Gasteiger partial charge in [0.1, 0.15) is 5.60 Å². The molecule has 2 atom stereocenters. The molecule has 1 fully saturated rings. The van der Waals surface area contributed by atoms with Gasteiger partial charge in [0, 0.05) is 43.1 Å². The maximum Gasteiger partial charge on any atom is 0.408 e. The molecule has 1 rings (SSSR count). The lowest BCUT2D eigenvalue weighted by Crippen LogP contribution is -2.54. The fraction of sp³-hybridized carbons (Fsp3) is 0.909. The van der Waals surface area contributed by atoms with Crippen LogP contribution in [0.2, 0.25) is 0 Å². The maximum atomic E-state index is 11.7. The van der Waals surface area contributed by atoms with Gasteiger partial charge in [-0.25, -0.2) is 7.91 Å². The molecule has 6 heteroatoms. The molecule has 100 valence electrons. The minimum Gasteiger partial charge on any atom is -0.444 e. The lowest BCUT2D eigenvalue weighted by molar-refractivity contribution is 0.0181. The van der Waals surface area contributed by atoms with E-state index in [0.29, 0.717) is 0 Å². The molecular weight excluding hydrogens is 335 g/mol. The molecule has 0 radical (unpaired) electrons. The second-order valence-corrected chi connectivity index (χ2v) is 6.55. The molecule has 1 aliphatic rings. The number of amides is 1. The summed E-state index contributed by atoms with van der Waals surface area (Å²) in [6.07, 6.45) is 0.602. The van der Waals surface area contributed by atoms with Crippen LogP contribution in [-0.2, 0) is 9.47 Å². The van der Waals surface area contributed by atoms with Gasteiger partial charge >= 0.3 is 6.09 Å². The zero-order valence-corrected chi connectivity index (χ0v) is 13.0. The van der Waals surface area contributed by atoms with Crippen LogP contribution >= 0.6 is 22.9 Å². The summed E-state index contributed by atoms with van der Waals surface area (Å²) < 4.78 is 12.8. The SMILES string of the molecule is CO[C@H]1CCN(I)C[C@@H]1NC(=O)OC(C)(C)C. The number of carbonyl (C=O) groups is 1. The monoisotopic (exact) mass is 356 g/mol. The summed E-state index contributed by atoms with van der Waals surface area (Å²) in [5, 5.41) is 2.87. The van der Waals surface area contributed by atoms with Crippen LogP contribution < -0.4 is 5.32 Å². The largest absolute Gasteiger partial charge is 0.444 e. The first-order chi connectivity index (χ1) is 7.81. The highest BCUT2D eigenvalue weighted by atomic mass is 127. The summed E-state index contributed by atoms with van der Waals surface area (Å²) in [4.78, 5) is 11.7. The van der Waals surface area contributed by atoms with Crippen molar-refractivity contribution in [3.63, 3.8) is 0 Å². The number of rotatable bonds is 2. The van der Waals surface area contributed by atoms with Crippen molar-refractivity contribution in [3.05, 3.63) is 0 Å². The Morgan fingerprint density at radius 1 is 1.47 bits per heavy atom. The number of nitrogens with one attached hydrogen (secondary N) is 1. The molecule has 0 saturated carbocycles. The van der Waals surface area contributed by atoms with E-state index in [4.69, 9.17) is 9.47 Å². The van der Waals surface area contributed by atoms with E-state index in [1.165, 1.54) is 0 Å². The fourth-order valence-corrected chi connectivity index (χ4v) is 2.47. The van der Waals surface area contributed by atoms with Crippen molar-refractivity contribution < 1.29 is 14.3 Å². The quantitative estimate of drug-likeness (QED) is 0.607. The summed E-state index contributed by atoms with van der Waals surface area (Å²) in [6, 6.07) is -0.0134. The molecule has 0 bridgehead atoms. The Morgan fingerprint density at radius 3 is 2.65 bits per heavy atom. The summed E-state index contributed by atoms with van der Waals surface area (Å²) >= 11 is 2.26. The van der Waals surface area contributed by atoms with Crippen LogP contribution in [0.15, 0.2) is 0 Å². The Kier molecular flexibility index (Phi) is 5.46. The van der Waals surface area contributed by atoms with Gasteiger partial charge in [0.05, 0.1) is 12.1 Å². The van der Waals surface area contributed by atoms with E-state index in [1.54, 1.807) is 7.11 Å². The van der Waals surface area contributed by atoms with Crippen LogP contribution in [0.1, 0.15) is 27.2 Å². The van der Waals surface area contributed by atoms with Gasteiger partial charge < -0.3 is 14.8 Å². The van der Waals surface area contributed by atoms with Gasteiger partial charge in [0.2, 0.25) is 0 Å². The fourth-order valence-electron chi connectivity index (χ4n) is 1.77. The van der Waals surface area contributed by atoms with E-state index in [2.05, 4.69) is 31.3 Å². The van der Waals surface area contributed by atoms with Gasteiger partial charge in [0.15, 0.2) is 0 Å². The molecule has 0 aliphatic carbocycles. The molecule has 0 aromatic carbocycles. The van der Waals surface area contributed by atoms with Gasteiger partial charge in [0.25, 0.3) is 0 Å². The zero-order valence-electron chi connectivity index (χ0n) is 10.8. The van der Waals surface area contributed by atoms with Crippen LogP contribution in [0, 0.1) is 0 Å². The number of halogens is 1. The minimum absolute atomic E-state index is 0.0134. The first-order valence-electron chi connectivity index (χ1n) is 5.75. The first kappa shape index (κ1) is 15.0. The average Bonchev–Trinajstić information content (AvgIpc) is 2.14. The van der Waals surface area contributed by atoms with E-state index in [9.17, 15) is 4.79 Å². The number of hydrogen-bond donors (Lipinski definition) is 1. The molecule has 0 aromatic rings. The molecule has 1 aliphatic heterocycles. The number of hydrogen-bond acceptors (Lipinski definition) is 4. The normalized spacial score (nSPS) is 26.6. The Morgan fingerprint density at radius 2 is 2.12 bits per heavy atom. The van der Waals surface area contributed by atoms with Gasteiger partial charge in [-0.15, -0.1) is 0 Å². The van der Waals surface area contributed by atoms with Gasteiger partial charge in [-0.3, -0.25) is 0 Å². The topological polar surface area (TPSA) is 50.8 Å². The molecule has 0 unspecified atom stereocenters. The van der Waals surface area contributed by atoms with E-state index in [0.717, 1.165) is 19.5 Å². The summed E-state index contributed by atoms with van der Waals surface area (Å²) in [5.74, 6) is 0. The molecule has 1 heterocycles. The van der Waals surface area contributed by atoms with Crippen molar-refractivity contribution >= 4 is 29.0 Å². The standard InChI is InChI=1S/C11H21IN2O3/c1-11(2,3)17-10(15)13-8-7-14(12)6-5-9(8)16-4/h8-9H,5-7H2,1-4H3,(H,13,15)/t8-,9-/m0/s1. The molecule has 1 N–H and O–H groups in total. The number of nitrogens with zero attached hydrogens (tertiary/aromatic N) is 1. The third kappa shape index (κ3) is 5.39. The third-order valence-electron chi connectivity index (χ3n) is 2.50. The zero-order chi connectivity index (χ0) is 13.1. The Balaban J connectivity index is 2.49. The molecule has 5 nitrogen and oxygen atoms in total. The van der Waals surface area contributed by atoms with E-state index < -0.39 is 5.60 Å². The van der Waals surface area contributed by atoms with Crippen molar-refractivity contribution in [2.45, 2.75) is 44.9 Å². The predicted octanol–water partition coefficient (Wildman–Crippen LogP) is 1.95. The number of ether oxygens (including phenoxy) is 2.